The summed E-state index contributed by atoms with van der Waals surface area (Å²) < 4.78 is 26.1. The maximum Gasteiger partial charge on any atom is 0.319 e. The number of rotatable bonds is 14. The second kappa shape index (κ2) is 20.0. The molecule has 1 aliphatic rings. The summed E-state index contributed by atoms with van der Waals surface area (Å²) >= 11 is 1.53. The van der Waals surface area contributed by atoms with Crippen molar-refractivity contribution in [2.45, 2.75) is 43.8 Å². The number of urea groups is 1. The smallest absolute Gasteiger partial charge is 0.319 e. The number of aliphatic hydroxyl groups excluding tert-OH is 1. The van der Waals surface area contributed by atoms with Crippen LogP contribution in [0.4, 0.5) is 10.5 Å². The van der Waals surface area contributed by atoms with E-state index in [0.29, 0.717) is 29.0 Å². The van der Waals surface area contributed by atoms with E-state index in [9.17, 15) is 9.90 Å². The Morgan fingerprint density at radius 1 is 0.656 bits per heavy atom. The van der Waals surface area contributed by atoms with Crippen LogP contribution >= 0.6 is 11.8 Å². The summed E-state index contributed by atoms with van der Waals surface area (Å²) in [4.78, 5) is 17.9. The summed E-state index contributed by atoms with van der Waals surface area (Å²) in [6, 6.07) is 60.9. The van der Waals surface area contributed by atoms with E-state index < -0.39 is 6.29 Å². The zero-order valence-corrected chi connectivity index (χ0v) is 36.0. The Labute approximate surface area is 377 Å². The Bertz CT molecular complexity index is 2710. The molecule has 7 aromatic carbocycles. The highest BCUT2D eigenvalue weighted by molar-refractivity contribution is 7.99. The summed E-state index contributed by atoms with van der Waals surface area (Å²) in [7, 11) is 0. The van der Waals surface area contributed by atoms with Crippen LogP contribution in [-0.4, -0.2) is 28.0 Å². The average Bonchev–Trinajstić information content (AvgIpc) is 3.79. The van der Waals surface area contributed by atoms with Crippen LogP contribution in [0, 0.1) is 5.92 Å². The molecule has 8 aromatic rings. The molecule has 320 valence electrons. The van der Waals surface area contributed by atoms with Crippen LogP contribution < -0.4 is 15.4 Å². The van der Waals surface area contributed by atoms with E-state index >= 15 is 0 Å². The molecule has 3 N–H and O–H groups in total. The van der Waals surface area contributed by atoms with Gasteiger partial charge in [0.2, 0.25) is 0 Å². The Morgan fingerprint density at radius 3 is 2.02 bits per heavy atom. The number of amides is 2. The fraction of sp³-hybridized carbons (Fsp3) is 0.148. The zero-order chi connectivity index (χ0) is 43.7. The van der Waals surface area contributed by atoms with Crippen LogP contribution in [-0.2, 0) is 22.6 Å². The summed E-state index contributed by atoms with van der Waals surface area (Å²) in [6.45, 7) is 2.46. The predicted molar refractivity (Wildman–Crippen MR) is 252 cm³/mol. The molecule has 0 radical (unpaired) electrons. The van der Waals surface area contributed by atoms with Crippen molar-refractivity contribution >= 4 is 23.5 Å². The first-order valence-corrected chi connectivity index (χ1v) is 22.3. The van der Waals surface area contributed by atoms with Crippen molar-refractivity contribution in [1.82, 2.24) is 10.3 Å². The van der Waals surface area contributed by atoms with Gasteiger partial charge in [-0.2, -0.15) is 0 Å². The highest BCUT2D eigenvalue weighted by Gasteiger charge is 2.39. The van der Waals surface area contributed by atoms with E-state index in [2.05, 4.69) is 41.8 Å². The van der Waals surface area contributed by atoms with Crippen LogP contribution in [0.15, 0.2) is 198 Å². The minimum Gasteiger partial charge on any atom is -0.457 e. The third-order valence-corrected chi connectivity index (χ3v) is 12.1. The normalized spacial score (nSPS) is 17.1. The molecule has 2 heterocycles. The van der Waals surface area contributed by atoms with E-state index in [1.165, 1.54) is 11.8 Å². The van der Waals surface area contributed by atoms with Crippen molar-refractivity contribution < 1.29 is 28.5 Å². The Balaban J connectivity index is 0.899. The van der Waals surface area contributed by atoms with Crippen LogP contribution in [0.1, 0.15) is 41.6 Å². The first-order valence-electron chi connectivity index (χ1n) is 21.3. The Hall–Kier alpha value is -6.95. The molecule has 0 bridgehead atoms. The van der Waals surface area contributed by atoms with Crippen LogP contribution in [0.2, 0.25) is 0 Å². The minimum atomic E-state index is -0.666. The summed E-state index contributed by atoms with van der Waals surface area (Å²) in [5.74, 6) is 2.70. The first-order chi connectivity index (χ1) is 31.5. The van der Waals surface area contributed by atoms with Gasteiger partial charge in [-0.15, -0.1) is 0 Å². The van der Waals surface area contributed by atoms with Gasteiger partial charge in [-0.1, -0.05) is 158 Å². The van der Waals surface area contributed by atoms with Gasteiger partial charge in [0, 0.05) is 40.6 Å². The fourth-order valence-electron chi connectivity index (χ4n) is 7.72. The van der Waals surface area contributed by atoms with Crippen molar-refractivity contribution in [2.24, 2.45) is 5.92 Å². The Kier molecular flexibility index (Phi) is 13.3. The number of carbonyl (C=O) groups excluding carboxylic acids is 1. The molecule has 0 aliphatic carbocycles. The molecule has 4 atom stereocenters. The molecule has 1 aromatic heterocycles. The van der Waals surface area contributed by atoms with Crippen LogP contribution in [0.5, 0.6) is 11.5 Å². The zero-order valence-electron chi connectivity index (χ0n) is 35.2. The molecular weight excluding hydrogens is 819 g/mol. The Morgan fingerprint density at radius 2 is 1.30 bits per heavy atom. The number of nitrogens with zero attached hydrogens (tertiary/aromatic N) is 1. The second-order valence-corrected chi connectivity index (χ2v) is 16.6. The van der Waals surface area contributed by atoms with E-state index in [-0.39, 0.29) is 30.8 Å². The average molecular weight is 866 g/mol. The molecular formula is C54H47N3O6S. The largest absolute Gasteiger partial charge is 0.457 e. The van der Waals surface area contributed by atoms with Gasteiger partial charge in [-0.05, 0) is 76.3 Å². The SMILES string of the molecule is C[C@@H]1[C@H](CSc2nc(-c3ccccc3)c(-c3ccccc3)o2)O[C@H](c2cccc(-c3cccc(CNC(=O)Nc4ccc(Oc5ccccc5)cc4)c3)c2)O[C@@H]1c1ccc(CO)cc1. The number of thioether (sulfide) groups is 1. The molecule has 1 fully saturated rings. The van der Waals surface area contributed by atoms with Gasteiger partial charge < -0.3 is 34.4 Å². The third-order valence-electron chi connectivity index (χ3n) is 11.1. The molecule has 0 unspecified atom stereocenters. The number of oxazole rings is 1. The van der Waals surface area contributed by atoms with Crippen molar-refractivity contribution in [3.8, 4) is 45.2 Å². The van der Waals surface area contributed by atoms with E-state index in [4.69, 9.17) is 23.6 Å². The van der Waals surface area contributed by atoms with Gasteiger partial charge in [0.05, 0.1) is 18.8 Å². The minimum absolute atomic E-state index is 0.0292. The van der Waals surface area contributed by atoms with E-state index in [0.717, 1.165) is 61.7 Å². The quantitative estimate of drug-likeness (QED) is 0.0926. The number of nitrogens with one attached hydrogen (secondary N) is 2. The number of anilines is 1. The highest BCUT2D eigenvalue weighted by Crippen LogP contribution is 2.44. The number of hydrogen-bond donors (Lipinski definition) is 3. The van der Waals surface area contributed by atoms with Crippen molar-refractivity contribution in [3.63, 3.8) is 0 Å². The fourth-order valence-corrected chi connectivity index (χ4v) is 8.70. The molecule has 0 saturated carbocycles. The maximum absolute atomic E-state index is 12.9. The van der Waals surface area contributed by atoms with Crippen molar-refractivity contribution in [1.29, 1.82) is 0 Å². The van der Waals surface area contributed by atoms with Gasteiger partial charge in [0.15, 0.2) is 12.1 Å². The molecule has 1 saturated heterocycles. The topological polar surface area (TPSA) is 115 Å². The van der Waals surface area contributed by atoms with Gasteiger partial charge >= 0.3 is 6.03 Å². The number of hydrogen-bond acceptors (Lipinski definition) is 8. The lowest BCUT2D eigenvalue weighted by molar-refractivity contribution is -0.268. The highest BCUT2D eigenvalue weighted by atomic mass is 32.2. The lowest BCUT2D eigenvalue weighted by Gasteiger charge is -2.41. The molecule has 64 heavy (non-hydrogen) atoms. The van der Waals surface area contributed by atoms with Gasteiger partial charge in [0.25, 0.3) is 5.22 Å². The number of aromatic nitrogens is 1. The van der Waals surface area contributed by atoms with Crippen LogP contribution in [0.25, 0.3) is 33.7 Å². The summed E-state index contributed by atoms with van der Waals surface area (Å²) in [5, 5.41) is 16.2. The van der Waals surface area contributed by atoms with Gasteiger partial charge in [0.1, 0.15) is 17.2 Å². The molecule has 2 amide bonds. The standard InChI is InChI=1S/C54H47N3O6S/c1-36-48(35-64-54-57-49(39-14-5-2-6-15-39)51(63-54)40-16-7-3-8-17-40)61-52(62-50(36)41-25-23-37(34-58)24-26-41)44-20-12-19-43(32-44)42-18-11-13-38(31-42)33-55-53(59)56-45-27-29-47(30-28-45)60-46-21-9-4-10-22-46/h2-32,36,48,50,52,58H,33-35H2,1H3,(H2,55,56,59)/t36-,48+,50+,52+/m1/s1. The second-order valence-electron chi connectivity index (χ2n) is 15.6. The lowest BCUT2D eigenvalue weighted by Crippen LogP contribution is -2.38. The maximum atomic E-state index is 12.9. The summed E-state index contributed by atoms with van der Waals surface area (Å²) in [6.07, 6.45) is -1.18. The third kappa shape index (κ3) is 10.3. The van der Waals surface area contributed by atoms with Crippen molar-refractivity contribution in [2.75, 3.05) is 11.1 Å². The number of aliphatic hydroxyl groups is 1. The van der Waals surface area contributed by atoms with Crippen molar-refractivity contribution in [3.05, 3.63) is 210 Å². The molecule has 9 nitrogen and oxygen atoms in total. The molecule has 1 aliphatic heterocycles. The molecule has 0 spiro atoms. The van der Waals surface area contributed by atoms with Gasteiger partial charge in [-0.3, -0.25) is 0 Å². The molecule has 9 rings (SSSR count). The monoisotopic (exact) mass is 865 g/mol. The number of ether oxygens (including phenoxy) is 3. The lowest BCUT2D eigenvalue weighted by atomic mass is 9.91. The predicted octanol–water partition coefficient (Wildman–Crippen LogP) is 12.9. The number of carbonyl (C=O) groups is 1. The number of para-hydroxylation sites is 1. The van der Waals surface area contributed by atoms with E-state index in [1.807, 2.05) is 164 Å². The van der Waals surface area contributed by atoms with Crippen LogP contribution in [0.3, 0.4) is 0 Å². The number of benzene rings is 7. The molecule has 10 heteroatoms. The first kappa shape index (κ1) is 42.4. The van der Waals surface area contributed by atoms with Gasteiger partial charge in [-0.25, -0.2) is 9.78 Å². The summed E-state index contributed by atoms with van der Waals surface area (Å²) in [5.41, 5.74) is 9.06. The van der Waals surface area contributed by atoms with E-state index in [1.54, 1.807) is 0 Å².